The molecule has 1 saturated heterocycles. The average molecular weight is 589 g/mol. The van der Waals surface area contributed by atoms with Crippen LogP contribution >= 0.6 is 0 Å². The minimum atomic E-state index is -0.631. The number of nitrogens with one attached hydrogen (secondary N) is 2. The second-order valence-electron chi connectivity index (χ2n) is 11.6. The predicted octanol–water partition coefficient (Wildman–Crippen LogP) is 4.38. The number of carbonyl (C=O) groups is 4. The van der Waals surface area contributed by atoms with Crippen molar-refractivity contribution in [1.29, 1.82) is 0 Å². The van der Waals surface area contributed by atoms with E-state index in [9.17, 15) is 19.2 Å². The third-order valence-corrected chi connectivity index (χ3v) is 7.05. The van der Waals surface area contributed by atoms with E-state index in [1.807, 2.05) is 72.8 Å². The number of nitrogens with zero attached hydrogens (tertiary/aromatic N) is 2. The summed E-state index contributed by atoms with van der Waals surface area (Å²) in [5.41, 5.74) is 3.01. The van der Waals surface area contributed by atoms with Crippen molar-refractivity contribution in [2.45, 2.75) is 39.4 Å². The van der Waals surface area contributed by atoms with Crippen molar-refractivity contribution < 1.29 is 28.7 Å². The van der Waals surface area contributed by atoms with Crippen LogP contribution in [0.1, 0.15) is 48.7 Å². The Bertz CT molecular complexity index is 1340. The molecule has 1 atom stereocenters. The van der Waals surface area contributed by atoms with Crippen LogP contribution < -0.4 is 10.6 Å². The molecule has 4 rings (SSSR count). The maximum Gasteiger partial charge on any atom is 0.410 e. The summed E-state index contributed by atoms with van der Waals surface area (Å²) in [5, 5.41) is 5.32. The molecule has 0 radical (unpaired) electrons. The summed E-state index contributed by atoms with van der Waals surface area (Å²) < 4.78 is 10.6. The van der Waals surface area contributed by atoms with Crippen LogP contribution in [0.25, 0.3) is 5.57 Å². The molecule has 10 nitrogen and oxygen atoms in total. The largest absolute Gasteiger partial charge is 0.445 e. The molecule has 0 aromatic heterocycles. The lowest BCUT2D eigenvalue weighted by Crippen LogP contribution is -2.50. The van der Waals surface area contributed by atoms with Gasteiger partial charge in [-0.25, -0.2) is 9.59 Å². The van der Waals surface area contributed by atoms with Gasteiger partial charge in [0, 0.05) is 38.3 Å². The maximum atomic E-state index is 13.1. The molecular weight excluding hydrogens is 548 g/mol. The molecule has 0 bridgehead atoms. The van der Waals surface area contributed by atoms with E-state index in [0.29, 0.717) is 38.3 Å². The van der Waals surface area contributed by atoms with E-state index in [-0.39, 0.29) is 37.0 Å². The van der Waals surface area contributed by atoms with Crippen molar-refractivity contribution in [2.24, 2.45) is 5.92 Å². The molecule has 2 aromatic carbocycles. The highest BCUT2D eigenvalue weighted by atomic mass is 16.6. The monoisotopic (exact) mass is 588 g/mol. The highest BCUT2D eigenvalue weighted by Gasteiger charge is 2.26. The van der Waals surface area contributed by atoms with E-state index >= 15 is 0 Å². The number of hydrogen-bond acceptors (Lipinski definition) is 6. The van der Waals surface area contributed by atoms with Crippen LogP contribution in [0.2, 0.25) is 0 Å². The van der Waals surface area contributed by atoms with Gasteiger partial charge >= 0.3 is 12.2 Å². The molecule has 1 aliphatic carbocycles. The summed E-state index contributed by atoms with van der Waals surface area (Å²) >= 11 is 0. The average Bonchev–Trinajstić information content (AvgIpc) is 3.01. The molecule has 2 aliphatic rings. The molecule has 43 heavy (non-hydrogen) atoms. The minimum Gasteiger partial charge on any atom is -0.445 e. The van der Waals surface area contributed by atoms with Gasteiger partial charge in [0.2, 0.25) is 5.91 Å². The van der Waals surface area contributed by atoms with Gasteiger partial charge in [-0.2, -0.15) is 0 Å². The van der Waals surface area contributed by atoms with Gasteiger partial charge in [-0.05, 0) is 61.9 Å². The van der Waals surface area contributed by atoms with Crippen LogP contribution in [-0.4, -0.2) is 78.7 Å². The quantitative estimate of drug-likeness (QED) is 0.473. The number of benzene rings is 2. The second-order valence-corrected chi connectivity index (χ2v) is 11.6. The van der Waals surface area contributed by atoms with Crippen molar-refractivity contribution in [3.8, 4) is 0 Å². The van der Waals surface area contributed by atoms with Gasteiger partial charge in [0.05, 0.1) is 6.54 Å². The van der Waals surface area contributed by atoms with Gasteiger partial charge in [-0.3, -0.25) is 9.59 Å². The summed E-state index contributed by atoms with van der Waals surface area (Å²) in [4.78, 5) is 52.9. The zero-order valence-electron chi connectivity index (χ0n) is 25.0. The van der Waals surface area contributed by atoms with Gasteiger partial charge in [0.1, 0.15) is 12.2 Å². The van der Waals surface area contributed by atoms with Gasteiger partial charge in [-0.15, -0.1) is 0 Å². The summed E-state index contributed by atoms with van der Waals surface area (Å²) in [6.45, 7) is 7.51. The molecule has 1 heterocycles. The number of hydrogen-bond donors (Lipinski definition) is 2. The number of allylic oxidation sites excluding steroid dienone is 3. The Balaban J connectivity index is 1.19. The maximum absolute atomic E-state index is 13.1. The predicted molar refractivity (Wildman–Crippen MR) is 163 cm³/mol. The molecule has 2 aromatic rings. The summed E-state index contributed by atoms with van der Waals surface area (Å²) in [5.74, 6) is -0.257. The third kappa shape index (κ3) is 9.73. The lowest BCUT2D eigenvalue weighted by atomic mass is 9.89. The third-order valence-electron chi connectivity index (χ3n) is 7.05. The van der Waals surface area contributed by atoms with Crippen molar-refractivity contribution >= 4 is 29.6 Å². The van der Waals surface area contributed by atoms with E-state index in [1.165, 1.54) is 0 Å². The van der Waals surface area contributed by atoms with E-state index in [2.05, 4.69) is 10.6 Å². The van der Waals surface area contributed by atoms with E-state index in [4.69, 9.17) is 9.47 Å². The Labute approximate surface area is 252 Å². The summed E-state index contributed by atoms with van der Waals surface area (Å²) in [6, 6.07) is 17.1. The number of alkyl carbamates (subject to hydrolysis) is 1. The molecule has 0 saturated carbocycles. The van der Waals surface area contributed by atoms with Crippen molar-refractivity contribution in [1.82, 2.24) is 20.4 Å². The van der Waals surface area contributed by atoms with Crippen LogP contribution in [0.3, 0.4) is 0 Å². The molecule has 1 fully saturated rings. The number of piperazine rings is 1. The normalized spacial score (nSPS) is 16.6. The van der Waals surface area contributed by atoms with Crippen molar-refractivity contribution in [3.63, 3.8) is 0 Å². The van der Waals surface area contributed by atoms with Gasteiger partial charge in [-0.1, -0.05) is 60.7 Å². The zero-order chi connectivity index (χ0) is 30.8. The Morgan fingerprint density at radius 3 is 2.23 bits per heavy atom. The Kier molecular flexibility index (Phi) is 10.6. The molecule has 0 spiro atoms. The van der Waals surface area contributed by atoms with Crippen LogP contribution in [0.15, 0.2) is 72.8 Å². The fourth-order valence-corrected chi connectivity index (χ4v) is 4.79. The first-order valence-corrected chi connectivity index (χ1v) is 14.5. The van der Waals surface area contributed by atoms with Crippen molar-refractivity contribution in [2.75, 3.05) is 39.3 Å². The first-order chi connectivity index (χ1) is 20.6. The van der Waals surface area contributed by atoms with Crippen LogP contribution in [-0.2, 0) is 20.9 Å². The highest BCUT2D eigenvalue weighted by molar-refractivity contribution is 5.94. The molecule has 228 valence electrons. The van der Waals surface area contributed by atoms with Crippen molar-refractivity contribution in [3.05, 3.63) is 89.5 Å². The first-order valence-electron chi connectivity index (χ1n) is 14.5. The number of carbonyl (C=O) groups excluding carboxylic acids is 4. The molecule has 4 amide bonds. The SMILES string of the molecule is CC(C)(C)OC(=O)NCC(=O)NCC1C=CC=C(c2ccc(C(=O)N3CCN(C(=O)OCc4ccccc4)CC3)cc2)C1. The smallest absolute Gasteiger partial charge is 0.410 e. The van der Waals surface area contributed by atoms with Crippen LogP contribution in [0.4, 0.5) is 9.59 Å². The first kappa shape index (κ1) is 31.3. The molecular formula is C33H40N4O6. The Hall–Kier alpha value is -4.60. The van der Waals surface area contributed by atoms with Gasteiger partial charge in [0.15, 0.2) is 0 Å². The van der Waals surface area contributed by atoms with Crippen LogP contribution in [0.5, 0.6) is 0 Å². The summed E-state index contributed by atoms with van der Waals surface area (Å²) in [6.07, 6.45) is 5.78. The van der Waals surface area contributed by atoms with Crippen LogP contribution in [0, 0.1) is 5.92 Å². The fourth-order valence-electron chi connectivity index (χ4n) is 4.79. The number of rotatable bonds is 8. The minimum absolute atomic E-state index is 0.0676. The lowest BCUT2D eigenvalue weighted by Gasteiger charge is -2.34. The lowest BCUT2D eigenvalue weighted by molar-refractivity contribution is -0.120. The van der Waals surface area contributed by atoms with Gasteiger partial charge in [0.25, 0.3) is 5.91 Å². The molecule has 10 heteroatoms. The fraction of sp³-hybridized carbons (Fsp3) is 0.394. The van der Waals surface area contributed by atoms with E-state index in [0.717, 1.165) is 23.1 Å². The molecule has 2 N–H and O–H groups in total. The molecule has 1 aliphatic heterocycles. The Morgan fingerprint density at radius 1 is 0.884 bits per heavy atom. The summed E-state index contributed by atoms with van der Waals surface area (Å²) in [7, 11) is 0. The number of ether oxygens (including phenoxy) is 2. The standard InChI is InChI=1S/C33H40N4O6/c1-33(2,3)43-31(40)35-22-29(38)34-21-25-10-7-11-28(20-25)26-12-14-27(15-13-26)30(39)36-16-18-37(19-17-36)32(41)42-23-24-8-5-4-6-9-24/h4-15,25H,16-23H2,1-3H3,(H,34,38)(H,35,40). The Morgan fingerprint density at radius 2 is 1.56 bits per heavy atom. The van der Waals surface area contributed by atoms with E-state index < -0.39 is 11.7 Å². The van der Waals surface area contributed by atoms with Gasteiger partial charge < -0.3 is 29.9 Å². The topological polar surface area (TPSA) is 117 Å². The second kappa shape index (κ2) is 14.5. The number of amides is 4. The molecule has 1 unspecified atom stereocenters. The highest BCUT2D eigenvalue weighted by Crippen LogP contribution is 2.27. The van der Waals surface area contributed by atoms with E-state index in [1.54, 1.807) is 30.6 Å². The zero-order valence-corrected chi connectivity index (χ0v) is 25.0.